The van der Waals surface area contributed by atoms with Crippen LogP contribution in [0.1, 0.15) is 6.92 Å². The molecule has 0 heterocycles. The fourth-order valence-corrected chi connectivity index (χ4v) is 1.82. The highest BCUT2D eigenvalue weighted by atomic mass is 19.2. The van der Waals surface area contributed by atoms with Gasteiger partial charge in [-0.15, -0.1) is 0 Å². The third kappa shape index (κ3) is 3.19. The van der Waals surface area contributed by atoms with Crippen molar-refractivity contribution >= 4 is 17.3 Å². The van der Waals surface area contributed by atoms with Gasteiger partial charge in [-0.1, -0.05) is 6.92 Å². The van der Waals surface area contributed by atoms with Gasteiger partial charge in [0, 0.05) is 19.7 Å². The molecule has 1 rings (SSSR count). The second kappa shape index (κ2) is 6.27. The summed E-state index contributed by atoms with van der Waals surface area (Å²) in [5, 5.41) is 10.9. The lowest BCUT2D eigenvalue weighted by molar-refractivity contribution is -0.384. The van der Waals surface area contributed by atoms with Crippen LogP contribution in [0.5, 0.6) is 0 Å². The van der Waals surface area contributed by atoms with Gasteiger partial charge in [0.15, 0.2) is 17.3 Å². The number of hydrogen-bond donors (Lipinski definition) is 0. The molecule has 8 heteroatoms. The number of rotatable bonds is 5. The number of carbonyl (C=O) groups is 1. The average molecular weight is 288 g/mol. The molecule has 110 valence electrons. The van der Waals surface area contributed by atoms with Crippen LogP contribution in [-0.2, 0) is 9.53 Å². The summed E-state index contributed by atoms with van der Waals surface area (Å²) < 4.78 is 31.5. The Morgan fingerprint density at radius 2 is 2.10 bits per heavy atom. The second-order valence-corrected chi connectivity index (χ2v) is 4.29. The second-order valence-electron chi connectivity index (χ2n) is 4.29. The van der Waals surface area contributed by atoms with E-state index in [-0.39, 0.29) is 6.54 Å². The summed E-state index contributed by atoms with van der Waals surface area (Å²) in [6, 6.07) is 1.57. The number of hydrogen-bond acceptors (Lipinski definition) is 5. The minimum absolute atomic E-state index is 0.0477. The van der Waals surface area contributed by atoms with E-state index in [9.17, 15) is 23.7 Å². The molecule has 6 nitrogen and oxygen atoms in total. The van der Waals surface area contributed by atoms with Crippen molar-refractivity contribution in [2.75, 3.05) is 25.6 Å². The lowest BCUT2D eigenvalue weighted by Gasteiger charge is -2.22. The van der Waals surface area contributed by atoms with E-state index >= 15 is 0 Å². The predicted octanol–water partition coefficient (Wildman–Crippen LogP) is 2.12. The van der Waals surface area contributed by atoms with Gasteiger partial charge in [0.2, 0.25) is 0 Å². The maximum absolute atomic E-state index is 13.8. The summed E-state index contributed by atoms with van der Waals surface area (Å²) >= 11 is 0. The molecule has 1 unspecified atom stereocenters. The van der Waals surface area contributed by atoms with Crippen LogP contribution in [0.4, 0.5) is 20.2 Å². The maximum atomic E-state index is 13.8. The van der Waals surface area contributed by atoms with Crippen LogP contribution in [-0.4, -0.2) is 31.6 Å². The molecule has 0 bridgehead atoms. The molecule has 0 N–H and O–H groups in total. The molecule has 0 amide bonds. The highest BCUT2D eigenvalue weighted by Crippen LogP contribution is 2.32. The van der Waals surface area contributed by atoms with Crippen LogP contribution < -0.4 is 4.90 Å². The van der Waals surface area contributed by atoms with Gasteiger partial charge in [-0.25, -0.2) is 8.78 Å². The van der Waals surface area contributed by atoms with E-state index in [4.69, 9.17) is 0 Å². The van der Waals surface area contributed by atoms with E-state index in [1.54, 1.807) is 0 Å². The molecule has 20 heavy (non-hydrogen) atoms. The van der Waals surface area contributed by atoms with Gasteiger partial charge >= 0.3 is 5.97 Å². The number of esters is 1. The number of nitrogens with zero attached hydrogens (tertiary/aromatic N) is 2. The lowest BCUT2D eigenvalue weighted by atomic mass is 10.1. The van der Waals surface area contributed by atoms with Gasteiger partial charge in [-0.3, -0.25) is 14.9 Å². The molecule has 0 aliphatic heterocycles. The maximum Gasteiger partial charge on any atom is 0.310 e. The van der Waals surface area contributed by atoms with Crippen molar-refractivity contribution in [1.82, 2.24) is 0 Å². The van der Waals surface area contributed by atoms with E-state index < -0.39 is 39.8 Å². The topological polar surface area (TPSA) is 72.7 Å². The minimum atomic E-state index is -1.32. The van der Waals surface area contributed by atoms with Crippen LogP contribution in [0.25, 0.3) is 0 Å². The Balaban J connectivity index is 3.14. The quantitative estimate of drug-likeness (QED) is 0.471. The molecule has 0 aromatic heterocycles. The molecular weight excluding hydrogens is 274 g/mol. The summed E-state index contributed by atoms with van der Waals surface area (Å²) in [6.07, 6.45) is 0. The van der Waals surface area contributed by atoms with Gasteiger partial charge in [0.25, 0.3) is 5.69 Å². The van der Waals surface area contributed by atoms with Crippen molar-refractivity contribution in [1.29, 1.82) is 0 Å². The number of carbonyl (C=O) groups excluding carboxylic acids is 1. The number of benzene rings is 1. The van der Waals surface area contributed by atoms with Gasteiger partial charge in [-0.2, -0.15) is 0 Å². The first kappa shape index (κ1) is 15.8. The fraction of sp³-hybridized carbons (Fsp3) is 0.417. The lowest BCUT2D eigenvalue weighted by Crippen LogP contribution is -2.30. The Morgan fingerprint density at radius 3 is 2.60 bits per heavy atom. The first-order valence-corrected chi connectivity index (χ1v) is 5.71. The highest BCUT2D eigenvalue weighted by molar-refractivity contribution is 5.73. The Kier molecular flexibility index (Phi) is 4.95. The van der Waals surface area contributed by atoms with Crippen LogP contribution >= 0.6 is 0 Å². The molecular formula is C12H14F2N2O4. The standard InChI is InChI=1S/C12H14F2N2O4/c1-7(12(17)20-3)6-15(2)11-9(16(18)19)5-4-8(13)10(11)14/h4-5,7H,6H2,1-3H3. The SMILES string of the molecule is COC(=O)C(C)CN(C)c1c([N+](=O)[O-])ccc(F)c1F. The first-order valence-electron chi connectivity index (χ1n) is 5.71. The molecule has 0 saturated heterocycles. The first-order chi connectivity index (χ1) is 9.29. The van der Waals surface area contributed by atoms with E-state index in [1.807, 2.05) is 0 Å². The van der Waals surface area contributed by atoms with Gasteiger partial charge < -0.3 is 9.64 Å². The summed E-state index contributed by atoms with van der Waals surface area (Å²) in [4.78, 5) is 22.5. The Hall–Kier alpha value is -2.25. The molecule has 0 radical (unpaired) electrons. The van der Waals surface area contributed by atoms with Crippen molar-refractivity contribution < 1.29 is 23.2 Å². The van der Waals surface area contributed by atoms with Crippen molar-refractivity contribution in [3.8, 4) is 0 Å². The molecule has 0 spiro atoms. The Morgan fingerprint density at radius 1 is 1.50 bits per heavy atom. The monoisotopic (exact) mass is 288 g/mol. The van der Waals surface area contributed by atoms with Crippen LogP contribution in [0, 0.1) is 27.7 Å². The van der Waals surface area contributed by atoms with Crippen molar-refractivity contribution in [2.45, 2.75) is 6.92 Å². The summed E-state index contributed by atoms with van der Waals surface area (Å²) in [5.41, 5.74) is -1.06. The number of ether oxygens (including phenoxy) is 1. The predicted molar refractivity (Wildman–Crippen MR) is 67.5 cm³/mol. The molecule has 0 fully saturated rings. The van der Waals surface area contributed by atoms with Crippen molar-refractivity contribution in [2.24, 2.45) is 5.92 Å². The zero-order valence-corrected chi connectivity index (χ0v) is 11.2. The summed E-state index contributed by atoms with van der Waals surface area (Å²) in [6.45, 7) is 1.47. The third-order valence-electron chi connectivity index (χ3n) is 2.78. The summed E-state index contributed by atoms with van der Waals surface area (Å²) in [7, 11) is 2.54. The van der Waals surface area contributed by atoms with E-state index in [0.717, 1.165) is 11.0 Å². The largest absolute Gasteiger partial charge is 0.469 e. The number of halogens is 2. The molecule has 1 aromatic rings. The number of nitro groups is 1. The Labute approximate surface area is 114 Å². The smallest absolute Gasteiger partial charge is 0.310 e. The molecule has 1 aromatic carbocycles. The molecule has 0 aliphatic rings. The van der Waals surface area contributed by atoms with Crippen LogP contribution in [0.3, 0.4) is 0 Å². The minimum Gasteiger partial charge on any atom is -0.469 e. The third-order valence-corrected chi connectivity index (χ3v) is 2.78. The summed E-state index contributed by atoms with van der Waals surface area (Å²) in [5.74, 6) is -3.70. The zero-order valence-electron chi connectivity index (χ0n) is 11.2. The number of nitro benzene ring substituents is 1. The zero-order chi connectivity index (χ0) is 15.4. The molecule has 0 saturated carbocycles. The molecule has 1 atom stereocenters. The van der Waals surface area contributed by atoms with Gasteiger partial charge in [0.1, 0.15) is 0 Å². The average Bonchev–Trinajstić information content (AvgIpc) is 2.39. The number of methoxy groups -OCH3 is 1. The van der Waals surface area contributed by atoms with E-state index in [0.29, 0.717) is 6.07 Å². The fourth-order valence-electron chi connectivity index (χ4n) is 1.82. The molecule has 0 aliphatic carbocycles. The highest BCUT2D eigenvalue weighted by Gasteiger charge is 2.27. The van der Waals surface area contributed by atoms with Crippen LogP contribution in [0.2, 0.25) is 0 Å². The van der Waals surface area contributed by atoms with Crippen LogP contribution in [0.15, 0.2) is 12.1 Å². The van der Waals surface area contributed by atoms with Crippen molar-refractivity contribution in [3.63, 3.8) is 0 Å². The van der Waals surface area contributed by atoms with E-state index in [1.165, 1.54) is 21.1 Å². The van der Waals surface area contributed by atoms with Gasteiger partial charge in [0.05, 0.1) is 18.0 Å². The number of anilines is 1. The normalized spacial score (nSPS) is 11.8. The van der Waals surface area contributed by atoms with E-state index in [2.05, 4.69) is 4.74 Å². The van der Waals surface area contributed by atoms with Crippen molar-refractivity contribution in [3.05, 3.63) is 33.9 Å². The van der Waals surface area contributed by atoms with Gasteiger partial charge in [-0.05, 0) is 6.07 Å². The Bertz CT molecular complexity index is 536.